The number of amides is 2. The highest BCUT2D eigenvalue weighted by Gasteiger charge is 2.29. The van der Waals surface area contributed by atoms with Crippen molar-refractivity contribution in [1.82, 2.24) is 20.2 Å². The van der Waals surface area contributed by atoms with E-state index in [1.807, 2.05) is 6.92 Å². The number of nitrogens with one attached hydrogen (secondary N) is 1. The number of hydrogen-bond donors (Lipinski definition) is 1. The van der Waals surface area contributed by atoms with E-state index in [1.165, 1.54) is 12.4 Å². The first-order valence-electron chi connectivity index (χ1n) is 7.49. The summed E-state index contributed by atoms with van der Waals surface area (Å²) in [4.78, 5) is 33.8. The SMILES string of the molecule is CCc1ncc(C(=O)NC[C@H]2CC(=O)N(CCOC)C2)cn1. The maximum atomic E-state index is 12.0. The summed E-state index contributed by atoms with van der Waals surface area (Å²) in [5.41, 5.74) is 0.442. The smallest absolute Gasteiger partial charge is 0.254 e. The second-order valence-electron chi connectivity index (χ2n) is 5.35. The van der Waals surface area contributed by atoms with Crippen LogP contribution in [0.25, 0.3) is 0 Å². The van der Waals surface area contributed by atoms with E-state index in [0.29, 0.717) is 44.0 Å². The minimum Gasteiger partial charge on any atom is -0.383 e. The van der Waals surface area contributed by atoms with Crippen LogP contribution in [0.5, 0.6) is 0 Å². The van der Waals surface area contributed by atoms with Gasteiger partial charge in [0.05, 0.1) is 12.2 Å². The van der Waals surface area contributed by atoms with Crippen LogP contribution >= 0.6 is 0 Å². The largest absolute Gasteiger partial charge is 0.383 e. The molecule has 7 heteroatoms. The molecule has 0 aliphatic carbocycles. The minimum atomic E-state index is -0.203. The topological polar surface area (TPSA) is 84.4 Å². The number of methoxy groups -OCH3 is 1. The van der Waals surface area contributed by atoms with E-state index in [9.17, 15) is 9.59 Å². The van der Waals surface area contributed by atoms with Crippen molar-refractivity contribution in [3.8, 4) is 0 Å². The maximum Gasteiger partial charge on any atom is 0.254 e. The van der Waals surface area contributed by atoms with Crippen molar-refractivity contribution in [2.75, 3.05) is 33.4 Å². The van der Waals surface area contributed by atoms with Crippen LogP contribution in [0.15, 0.2) is 12.4 Å². The molecule has 2 heterocycles. The van der Waals surface area contributed by atoms with Crippen LogP contribution in [0.2, 0.25) is 0 Å². The van der Waals surface area contributed by atoms with Gasteiger partial charge in [-0.1, -0.05) is 6.92 Å². The molecule has 0 bridgehead atoms. The Labute approximate surface area is 130 Å². The number of carbonyl (C=O) groups excluding carboxylic acids is 2. The fourth-order valence-electron chi connectivity index (χ4n) is 2.40. The lowest BCUT2D eigenvalue weighted by Crippen LogP contribution is -2.32. The zero-order chi connectivity index (χ0) is 15.9. The summed E-state index contributed by atoms with van der Waals surface area (Å²) < 4.78 is 4.98. The Kier molecular flexibility index (Phi) is 5.83. The van der Waals surface area contributed by atoms with Gasteiger partial charge < -0.3 is 15.0 Å². The molecule has 1 fully saturated rings. The predicted octanol–water partition coefficient (Wildman–Crippen LogP) is 0.264. The fraction of sp³-hybridized carbons (Fsp3) is 0.600. The number of carbonyl (C=O) groups is 2. The van der Waals surface area contributed by atoms with Crippen LogP contribution < -0.4 is 5.32 Å². The minimum absolute atomic E-state index is 0.118. The van der Waals surface area contributed by atoms with Crippen molar-refractivity contribution in [2.24, 2.45) is 5.92 Å². The van der Waals surface area contributed by atoms with Crippen molar-refractivity contribution in [3.05, 3.63) is 23.8 Å². The summed E-state index contributed by atoms with van der Waals surface area (Å²) >= 11 is 0. The highest BCUT2D eigenvalue weighted by atomic mass is 16.5. The van der Waals surface area contributed by atoms with Gasteiger partial charge in [-0.3, -0.25) is 9.59 Å². The molecule has 2 amide bonds. The molecular weight excluding hydrogens is 284 g/mol. The molecule has 120 valence electrons. The van der Waals surface area contributed by atoms with E-state index in [-0.39, 0.29) is 17.7 Å². The Morgan fingerprint density at radius 1 is 1.45 bits per heavy atom. The number of aryl methyl sites for hydroxylation is 1. The second-order valence-corrected chi connectivity index (χ2v) is 5.35. The summed E-state index contributed by atoms with van der Waals surface area (Å²) in [7, 11) is 1.62. The van der Waals surface area contributed by atoms with Gasteiger partial charge in [0.25, 0.3) is 5.91 Å². The Morgan fingerprint density at radius 2 is 2.18 bits per heavy atom. The maximum absolute atomic E-state index is 12.0. The molecular formula is C15H22N4O3. The van der Waals surface area contributed by atoms with Gasteiger partial charge in [-0.25, -0.2) is 9.97 Å². The molecule has 0 aromatic carbocycles. The molecule has 1 atom stereocenters. The van der Waals surface area contributed by atoms with Gasteiger partial charge in [0, 0.05) is 57.9 Å². The quantitative estimate of drug-likeness (QED) is 0.781. The molecule has 22 heavy (non-hydrogen) atoms. The molecule has 0 spiro atoms. The average molecular weight is 306 g/mol. The van der Waals surface area contributed by atoms with Gasteiger partial charge in [0.2, 0.25) is 5.91 Å². The third-order valence-electron chi connectivity index (χ3n) is 3.69. The molecule has 1 aromatic heterocycles. The monoisotopic (exact) mass is 306 g/mol. The Bertz CT molecular complexity index is 518. The molecule has 1 aliphatic heterocycles. The zero-order valence-corrected chi connectivity index (χ0v) is 13.0. The number of rotatable bonds is 7. The van der Waals surface area contributed by atoms with Gasteiger partial charge in [0.1, 0.15) is 5.82 Å². The first-order valence-corrected chi connectivity index (χ1v) is 7.49. The number of hydrogen-bond acceptors (Lipinski definition) is 5. The third-order valence-corrected chi connectivity index (χ3v) is 3.69. The Morgan fingerprint density at radius 3 is 2.82 bits per heavy atom. The van der Waals surface area contributed by atoms with Crippen LogP contribution in [0.1, 0.15) is 29.5 Å². The number of nitrogens with zero attached hydrogens (tertiary/aromatic N) is 3. The van der Waals surface area contributed by atoms with E-state index in [1.54, 1.807) is 12.0 Å². The Hall–Kier alpha value is -2.02. The first-order chi connectivity index (χ1) is 10.6. The first kappa shape index (κ1) is 16.4. The summed E-state index contributed by atoms with van der Waals surface area (Å²) in [5.74, 6) is 0.772. The van der Waals surface area contributed by atoms with Crippen LogP contribution in [0.4, 0.5) is 0 Å². The highest BCUT2D eigenvalue weighted by molar-refractivity contribution is 5.93. The van der Waals surface area contributed by atoms with E-state index in [2.05, 4.69) is 15.3 Å². The Balaban J connectivity index is 1.80. The van der Waals surface area contributed by atoms with E-state index in [4.69, 9.17) is 4.74 Å². The van der Waals surface area contributed by atoms with Gasteiger partial charge >= 0.3 is 0 Å². The van der Waals surface area contributed by atoms with Crippen LogP contribution in [-0.2, 0) is 16.0 Å². The number of likely N-dealkylation sites (tertiary alicyclic amines) is 1. The van der Waals surface area contributed by atoms with Gasteiger partial charge in [-0.15, -0.1) is 0 Å². The van der Waals surface area contributed by atoms with Gasteiger partial charge in [-0.2, -0.15) is 0 Å². The molecule has 0 radical (unpaired) electrons. The molecule has 1 saturated heterocycles. The molecule has 0 saturated carbocycles. The molecule has 0 unspecified atom stereocenters. The van der Waals surface area contributed by atoms with Crippen molar-refractivity contribution in [3.63, 3.8) is 0 Å². The van der Waals surface area contributed by atoms with Crippen molar-refractivity contribution in [1.29, 1.82) is 0 Å². The lowest BCUT2D eigenvalue weighted by molar-refractivity contribution is -0.128. The van der Waals surface area contributed by atoms with Crippen LogP contribution in [0.3, 0.4) is 0 Å². The highest BCUT2D eigenvalue weighted by Crippen LogP contribution is 2.16. The second kappa shape index (κ2) is 7.84. The van der Waals surface area contributed by atoms with E-state index in [0.717, 1.165) is 6.42 Å². The molecule has 1 aliphatic rings. The van der Waals surface area contributed by atoms with Crippen molar-refractivity contribution < 1.29 is 14.3 Å². The van der Waals surface area contributed by atoms with Crippen LogP contribution in [-0.4, -0.2) is 60.0 Å². The summed E-state index contributed by atoms with van der Waals surface area (Å²) in [6.45, 7) is 4.23. The summed E-state index contributed by atoms with van der Waals surface area (Å²) in [6.07, 6.45) is 4.27. The summed E-state index contributed by atoms with van der Waals surface area (Å²) in [5, 5.41) is 2.85. The third kappa shape index (κ3) is 4.24. The predicted molar refractivity (Wildman–Crippen MR) is 80.3 cm³/mol. The van der Waals surface area contributed by atoms with Crippen molar-refractivity contribution in [2.45, 2.75) is 19.8 Å². The van der Waals surface area contributed by atoms with E-state index >= 15 is 0 Å². The molecule has 1 N–H and O–H groups in total. The average Bonchev–Trinajstić information content (AvgIpc) is 2.90. The molecule has 7 nitrogen and oxygen atoms in total. The van der Waals surface area contributed by atoms with Gasteiger partial charge in [0.15, 0.2) is 0 Å². The normalized spacial score (nSPS) is 17.8. The lowest BCUT2D eigenvalue weighted by atomic mass is 10.1. The lowest BCUT2D eigenvalue weighted by Gasteiger charge is -2.16. The summed E-state index contributed by atoms with van der Waals surface area (Å²) in [6, 6.07) is 0. The van der Waals surface area contributed by atoms with Gasteiger partial charge in [-0.05, 0) is 0 Å². The number of aromatic nitrogens is 2. The van der Waals surface area contributed by atoms with E-state index < -0.39 is 0 Å². The fourth-order valence-corrected chi connectivity index (χ4v) is 2.40. The molecule has 2 rings (SSSR count). The van der Waals surface area contributed by atoms with Crippen molar-refractivity contribution >= 4 is 11.8 Å². The molecule has 1 aromatic rings. The van der Waals surface area contributed by atoms with Crippen LogP contribution in [0, 0.1) is 5.92 Å². The zero-order valence-electron chi connectivity index (χ0n) is 13.0. The number of ether oxygens (including phenoxy) is 1. The standard InChI is InChI=1S/C15H22N4O3/c1-3-13-16-8-12(9-17-13)15(21)18-7-11-6-14(20)19(10-11)4-5-22-2/h8-9,11H,3-7,10H2,1-2H3,(H,18,21)/t11-/m1/s1.